The van der Waals surface area contributed by atoms with Crippen LogP contribution in [0.3, 0.4) is 0 Å². The maximum absolute atomic E-state index is 9.55. The van der Waals surface area contributed by atoms with Crippen LogP contribution in [-0.4, -0.2) is 31.0 Å². The highest BCUT2D eigenvalue weighted by atomic mass is 16.5. The van der Waals surface area contributed by atoms with Gasteiger partial charge in [0.05, 0.1) is 6.61 Å². The lowest BCUT2D eigenvalue weighted by Crippen LogP contribution is -2.23. The molecule has 0 spiro atoms. The Morgan fingerprint density at radius 3 is 2.76 bits per heavy atom. The van der Waals surface area contributed by atoms with E-state index in [1.165, 1.54) is 0 Å². The molecular weight excluding hydrogens is 218 g/mol. The molecule has 1 rings (SSSR count). The second-order valence-electron chi connectivity index (χ2n) is 3.99. The van der Waals surface area contributed by atoms with Gasteiger partial charge in [-0.25, -0.2) is 0 Å². The highest BCUT2D eigenvalue weighted by Gasteiger charge is 2.06. The van der Waals surface area contributed by atoms with Crippen molar-refractivity contribution >= 4 is 0 Å². The Hall–Kier alpha value is -1.10. The molecule has 17 heavy (non-hydrogen) atoms. The molecule has 0 aromatic heterocycles. The highest BCUT2D eigenvalue weighted by molar-refractivity contribution is 5.30. The van der Waals surface area contributed by atoms with E-state index >= 15 is 0 Å². The van der Waals surface area contributed by atoms with E-state index in [1.54, 1.807) is 0 Å². The molecule has 0 aliphatic heterocycles. The SMILES string of the molecule is CCOCC(O)COc1cccc(C(C)N)c1. The summed E-state index contributed by atoms with van der Waals surface area (Å²) in [4.78, 5) is 0. The van der Waals surface area contributed by atoms with E-state index in [9.17, 15) is 5.11 Å². The number of hydrogen-bond acceptors (Lipinski definition) is 4. The number of nitrogens with two attached hydrogens (primary N) is 1. The molecule has 0 heterocycles. The molecular formula is C13H21NO3. The largest absolute Gasteiger partial charge is 0.491 e. The van der Waals surface area contributed by atoms with Crippen molar-refractivity contribution in [2.24, 2.45) is 5.73 Å². The fourth-order valence-corrected chi connectivity index (χ4v) is 1.38. The molecule has 4 heteroatoms. The van der Waals surface area contributed by atoms with Crippen LogP contribution in [0.5, 0.6) is 5.75 Å². The quantitative estimate of drug-likeness (QED) is 0.756. The first-order chi connectivity index (χ1) is 8.13. The molecule has 0 saturated carbocycles. The van der Waals surface area contributed by atoms with Gasteiger partial charge in [-0.3, -0.25) is 0 Å². The van der Waals surface area contributed by atoms with Crippen LogP contribution in [0.25, 0.3) is 0 Å². The molecule has 0 bridgehead atoms. The summed E-state index contributed by atoms with van der Waals surface area (Å²) in [5, 5.41) is 9.55. The van der Waals surface area contributed by atoms with Crippen molar-refractivity contribution in [1.82, 2.24) is 0 Å². The number of benzene rings is 1. The fourth-order valence-electron chi connectivity index (χ4n) is 1.38. The Kier molecular flexibility index (Phi) is 5.97. The summed E-state index contributed by atoms with van der Waals surface area (Å²) in [6, 6.07) is 7.56. The van der Waals surface area contributed by atoms with Gasteiger partial charge in [0.2, 0.25) is 0 Å². The summed E-state index contributed by atoms with van der Waals surface area (Å²) in [7, 11) is 0. The molecule has 1 aromatic rings. The van der Waals surface area contributed by atoms with Gasteiger partial charge in [-0.05, 0) is 31.5 Å². The van der Waals surface area contributed by atoms with Crippen molar-refractivity contribution in [3.05, 3.63) is 29.8 Å². The van der Waals surface area contributed by atoms with Gasteiger partial charge >= 0.3 is 0 Å². The lowest BCUT2D eigenvalue weighted by molar-refractivity contribution is 0.0164. The zero-order chi connectivity index (χ0) is 12.7. The maximum Gasteiger partial charge on any atom is 0.119 e. The van der Waals surface area contributed by atoms with Gasteiger partial charge in [0.1, 0.15) is 18.5 Å². The smallest absolute Gasteiger partial charge is 0.119 e. The molecule has 0 aliphatic carbocycles. The van der Waals surface area contributed by atoms with Crippen molar-refractivity contribution in [2.45, 2.75) is 26.0 Å². The molecule has 0 amide bonds. The van der Waals surface area contributed by atoms with E-state index in [2.05, 4.69) is 0 Å². The first-order valence-electron chi connectivity index (χ1n) is 5.87. The summed E-state index contributed by atoms with van der Waals surface area (Å²) in [6.45, 7) is 4.92. The average molecular weight is 239 g/mol. The van der Waals surface area contributed by atoms with Crippen LogP contribution >= 0.6 is 0 Å². The molecule has 96 valence electrons. The van der Waals surface area contributed by atoms with Crippen LogP contribution in [0.1, 0.15) is 25.5 Å². The Morgan fingerprint density at radius 1 is 1.35 bits per heavy atom. The normalized spacial score (nSPS) is 14.4. The van der Waals surface area contributed by atoms with Gasteiger partial charge in [-0.2, -0.15) is 0 Å². The predicted molar refractivity (Wildman–Crippen MR) is 67.0 cm³/mol. The Balaban J connectivity index is 2.43. The van der Waals surface area contributed by atoms with Gasteiger partial charge in [0, 0.05) is 12.6 Å². The molecule has 3 N–H and O–H groups in total. The van der Waals surface area contributed by atoms with E-state index < -0.39 is 6.10 Å². The zero-order valence-electron chi connectivity index (χ0n) is 10.4. The molecule has 0 aliphatic rings. The summed E-state index contributed by atoms with van der Waals surface area (Å²) in [6.07, 6.45) is -0.603. The molecule has 4 nitrogen and oxygen atoms in total. The third-order valence-electron chi connectivity index (χ3n) is 2.34. The summed E-state index contributed by atoms with van der Waals surface area (Å²) < 4.78 is 10.6. The number of hydrogen-bond donors (Lipinski definition) is 2. The van der Waals surface area contributed by atoms with Crippen molar-refractivity contribution < 1.29 is 14.6 Å². The number of rotatable bonds is 7. The molecule has 0 saturated heterocycles. The Labute approximate surface area is 102 Å². The lowest BCUT2D eigenvalue weighted by atomic mass is 10.1. The predicted octanol–water partition coefficient (Wildman–Crippen LogP) is 1.48. The second-order valence-corrected chi connectivity index (χ2v) is 3.99. The molecule has 2 atom stereocenters. The van der Waals surface area contributed by atoms with Crippen molar-refractivity contribution in [1.29, 1.82) is 0 Å². The van der Waals surface area contributed by atoms with Gasteiger partial charge in [0.15, 0.2) is 0 Å². The summed E-state index contributed by atoms with van der Waals surface area (Å²) in [5.74, 6) is 0.718. The van der Waals surface area contributed by atoms with Crippen LogP contribution in [0.4, 0.5) is 0 Å². The van der Waals surface area contributed by atoms with Crippen LogP contribution < -0.4 is 10.5 Å². The van der Waals surface area contributed by atoms with Crippen LogP contribution in [0.15, 0.2) is 24.3 Å². The third-order valence-corrected chi connectivity index (χ3v) is 2.34. The monoisotopic (exact) mass is 239 g/mol. The minimum absolute atomic E-state index is 0.0214. The number of aliphatic hydroxyl groups is 1. The topological polar surface area (TPSA) is 64.7 Å². The Morgan fingerprint density at radius 2 is 2.12 bits per heavy atom. The van der Waals surface area contributed by atoms with E-state index in [0.29, 0.717) is 13.2 Å². The van der Waals surface area contributed by atoms with E-state index in [1.807, 2.05) is 38.1 Å². The van der Waals surface area contributed by atoms with Gasteiger partial charge in [-0.15, -0.1) is 0 Å². The minimum Gasteiger partial charge on any atom is -0.491 e. The summed E-state index contributed by atoms with van der Waals surface area (Å²) in [5.41, 5.74) is 6.79. The molecule has 0 radical (unpaired) electrons. The summed E-state index contributed by atoms with van der Waals surface area (Å²) >= 11 is 0. The lowest BCUT2D eigenvalue weighted by Gasteiger charge is -2.13. The minimum atomic E-state index is -0.603. The third kappa shape index (κ3) is 5.17. The van der Waals surface area contributed by atoms with E-state index in [4.69, 9.17) is 15.2 Å². The zero-order valence-corrected chi connectivity index (χ0v) is 10.4. The molecule has 0 fully saturated rings. The standard InChI is InChI=1S/C13H21NO3/c1-3-16-8-12(15)9-17-13-6-4-5-11(7-13)10(2)14/h4-7,10,12,15H,3,8-9,14H2,1-2H3. The number of aliphatic hydroxyl groups excluding tert-OH is 1. The highest BCUT2D eigenvalue weighted by Crippen LogP contribution is 2.17. The van der Waals surface area contributed by atoms with E-state index in [0.717, 1.165) is 11.3 Å². The fraction of sp³-hybridized carbons (Fsp3) is 0.538. The maximum atomic E-state index is 9.55. The first-order valence-corrected chi connectivity index (χ1v) is 5.87. The molecule has 1 aromatic carbocycles. The van der Waals surface area contributed by atoms with Crippen molar-refractivity contribution in [2.75, 3.05) is 19.8 Å². The number of ether oxygens (including phenoxy) is 2. The first kappa shape index (κ1) is 14.0. The van der Waals surface area contributed by atoms with Gasteiger partial charge < -0.3 is 20.3 Å². The van der Waals surface area contributed by atoms with Crippen molar-refractivity contribution in [3.8, 4) is 5.75 Å². The average Bonchev–Trinajstić information content (AvgIpc) is 2.34. The van der Waals surface area contributed by atoms with Crippen LogP contribution in [0.2, 0.25) is 0 Å². The Bertz CT molecular complexity index is 328. The van der Waals surface area contributed by atoms with Crippen LogP contribution in [0, 0.1) is 0 Å². The van der Waals surface area contributed by atoms with Crippen LogP contribution in [-0.2, 0) is 4.74 Å². The van der Waals surface area contributed by atoms with Gasteiger partial charge in [-0.1, -0.05) is 12.1 Å². The van der Waals surface area contributed by atoms with E-state index in [-0.39, 0.29) is 12.6 Å². The second kappa shape index (κ2) is 7.27. The molecule has 2 unspecified atom stereocenters. The van der Waals surface area contributed by atoms with Crippen molar-refractivity contribution in [3.63, 3.8) is 0 Å². The van der Waals surface area contributed by atoms with Gasteiger partial charge in [0.25, 0.3) is 0 Å².